The van der Waals surface area contributed by atoms with Crippen molar-refractivity contribution in [1.29, 1.82) is 0 Å². The van der Waals surface area contributed by atoms with E-state index in [1.165, 1.54) is 12.8 Å². The van der Waals surface area contributed by atoms with E-state index >= 15 is 0 Å². The topological polar surface area (TPSA) is 17.1 Å². The summed E-state index contributed by atoms with van der Waals surface area (Å²) < 4.78 is 0. The highest BCUT2D eigenvalue weighted by atomic mass is 16.1. The first-order valence-electron chi connectivity index (χ1n) is 6.41. The van der Waals surface area contributed by atoms with Crippen molar-refractivity contribution in [3.63, 3.8) is 0 Å². The van der Waals surface area contributed by atoms with Gasteiger partial charge in [0.2, 0.25) is 0 Å². The zero-order chi connectivity index (χ0) is 11.6. The van der Waals surface area contributed by atoms with Gasteiger partial charge < -0.3 is 0 Å². The molecule has 3 atom stereocenters. The molecule has 0 radical (unpaired) electrons. The normalized spacial score (nSPS) is 35.1. The molecule has 0 bridgehead atoms. The van der Waals surface area contributed by atoms with E-state index in [0.717, 1.165) is 12.3 Å². The molecule has 0 aromatic rings. The van der Waals surface area contributed by atoms with Gasteiger partial charge in [-0.1, -0.05) is 41.0 Å². The second kappa shape index (κ2) is 4.67. The maximum atomic E-state index is 11.6. The second-order valence-electron chi connectivity index (χ2n) is 5.98. The number of ketones is 1. The van der Waals surface area contributed by atoms with Gasteiger partial charge in [-0.3, -0.25) is 4.79 Å². The van der Waals surface area contributed by atoms with E-state index in [9.17, 15) is 4.79 Å². The highest BCUT2D eigenvalue weighted by Crippen LogP contribution is 2.49. The Balaban J connectivity index is 2.76. The van der Waals surface area contributed by atoms with Crippen LogP contribution in [0.2, 0.25) is 0 Å². The summed E-state index contributed by atoms with van der Waals surface area (Å²) in [5.74, 6) is 2.50. The Labute approximate surface area is 94.6 Å². The highest BCUT2D eigenvalue weighted by Gasteiger charge is 2.41. The maximum Gasteiger partial charge on any atom is 0.132 e. The maximum absolute atomic E-state index is 11.6. The minimum absolute atomic E-state index is 0.336. The summed E-state index contributed by atoms with van der Waals surface area (Å²) in [5, 5.41) is 0. The Kier molecular flexibility index (Phi) is 3.97. The van der Waals surface area contributed by atoms with Crippen LogP contribution in [0, 0.1) is 23.2 Å². The fraction of sp³-hybridized carbons (Fsp3) is 0.929. The average molecular weight is 210 g/mol. The highest BCUT2D eigenvalue weighted by molar-refractivity contribution is 5.78. The van der Waals surface area contributed by atoms with Gasteiger partial charge in [0.1, 0.15) is 5.78 Å². The van der Waals surface area contributed by atoms with E-state index in [0.29, 0.717) is 29.5 Å². The van der Waals surface area contributed by atoms with Crippen molar-refractivity contribution in [2.75, 3.05) is 0 Å². The summed E-state index contributed by atoms with van der Waals surface area (Å²) in [5.41, 5.74) is 0.336. The monoisotopic (exact) mass is 210 g/mol. The lowest BCUT2D eigenvalue weighted by molar-refractivity contribution is -0.122. The number of hydrogen-bond acceptors (Lipinski definition) is 1. The molecule has 0 aliphatic heterocycles. The van der Waals surface area contributed by atoms with E-state index in [4.69, 9.17) is 0 Å². The van der Waals surface area contributed by atoms with Crippen molar-refractivity contribution in [2.45, 2.75) is 60.3 Å². The Hall–Kier alpha value is -0.330. The van der Waals surface area contributed by atoms with Crippen LogP contribution in [0.3, 0.4) is 0 Å². The van der Waals surface area contributed by atoms with Crippen molar-refractivity contribution in [2.24, 2.45) is 23.2 Å². The van der Waals surface area contributed by atoms with Gasteiger partial charge >= 0.3 is 0 Å². The molecule has 88 valence electrons. The molecule has 1 aliphatic carbocycles. The van der Waals surface area contributed by atoms with E-state index in [2.05, 4.69) is 27.7 Å². The lowest BCUT2D eigenvalue weighted by Gasteiger charge is -2.47. The van der Waals surface area contributed by atoms with Gasteiger partial charge in [0, 0.05) is 12.8 Å². The second-order valence-corrected chi connectivity index (χ2v) is 5.98. The summed E-state index contributed by atoms with van der Waals surface area (Å²) >= 11 is 0. The Morgan fingerprint density at radius 2 is 1.87 bits per heavy atom. The average Bonchev–Trinajstić information content (AvgIpc) is 2.19. The van der Waals surface area contributed by atoms with Crippen LogP contribution >= 0.6 is 0 Å². The van der Waals surface area contributed by atoms with Gasteiger partial charge in [-0.2, -0.15) is 0 Å². The van der Waals surface area contributed by atoms with E-state index in [-0.39, 0.29) is 0 Å². The molecule has 0 spiro atoms. The molecular formula is C14H26O. The largest absolute Gasteiger partial charge is 0.300 e. The number of carbonyl (C=O) groups is 1. The van der Waals surface area contributed by atoms with E-state index in [1.54, 1.807) is 0 Å². The van der Waals surface area contributed by atoms with Crippen molar-refractivity contribution < 1.29 is 4.79 Å². The minimum Gasteiger partial charge on any atom is -0.300 e. The molecule has 0 N–H and O–H groups in total. The Bertz CT molecular complexity index is 229. The van der Waals surface area contributed by atoms with Gasteiger partial charge in [-0.05, 0) is 29.6 Å². The van der Waals surface area contributed by atoms with Crippen LogP contribution in [-0.4, -0.2) is 5.78 Å². The molecule has 0 aromatic carbocycles. The van der Waals surface area contributed by atoms with Crippen LogP contribution < -0.4 is 0 Å². The first-order chi connectivity index (χ1) is 6.89. The van der Waals surface area contributed by atoms with Crippen molar-refractivity contribution >= 4 is 5.78 Å². The van der Waals surface area contributed by atoms with E-state index in [1.807, 2.05) is 6.92 Å². The van der Waals surface area contributed by atoms with Crippen LogP contribution in [0.5, 0.6) is 0 Å². The molecule has 0 saturated heterocycles. The third kappa shape index (κ3) is 2.62. The quantitative estimate of drug-likeness (QED) is 0.686. The zero-order valence-corrected chi connectivity index (χ0v) is 11.0. The molecule has 1 fully saturated rings. The number of carbonyl (C=O) groups excluding carboxylic acids is 1. The predicted octanol–water partition coefficient (Wildman–Crippen LogP) is 4.06. The van der Waals surface area contributed by atoms with Gasteiger partial charge in [-0.25, -0.2) is 0 Å². The van der Waals surface area contributed by atoms with Gasteiger partial charge in [0.15, 0.2) is 0 Å². The number of hydrogen-bond donors (Lipinski definition) is 0. The third-order valence-electron chi connectivity index (χ3n) is 4.81. The number of Topliss-reactive ketones (excluding diaryl/α,β-unsaturated/α-hetero) is 1. The molecule has 1 heteroatoms. The van der Waals surface area contributed by atoms with Gasteiger partial charge in [0.05, 0.1) is 0 Å². The fourth-order valence-corrected chi connectivity index (χ4v) is 3.04. The molecular weight excluding hydrogens is 184 g/mol. The van der Waals surface area contributed by atoms with Gasteiger partial charge in [0.25, 0.3) is 0 Å². The van der Waals surface area contributed by atoms with Crippen LogP contribution in [0.4, 0.5) is 0 Å². The minimum atomic E-state index is 0.336. The molecule has 1 saturated carbocycles. The SMILES string of the molecule is CCC(=O)CC1C(C)CCC(C)C1(C)C. The first kappa shape index (κ1) is 12.7. The molecule has 1 rings (SSSR count). The Morgan fingerprint density at radius 3 is 2.40 bits per heavy atom. The molecule has 0 aromatic heterocycles. The summed E-state index contributed by atoms with van der Waals surface area (Å²) in [4.78, 5) is 11.6. The Morgan fingerprint density at radius 1 is 1.27 bits per heavy atom. The van der Waals surface area contributed by atoms with Crippen LogP contribution in [0.15, 0.2) is 0 Å². The van der Waals surface area contributed by atoms with Crippen molar-refractivity contribution in [3.05, 3.63) is 0 Å². The zero-order valence-electron chi connectivity index (χ0n) is 11.0. The molecule has 15 heavy (non-hydrogen) atoms. The lowest BCUT2D eigenvalue weighted by Crippen LogP contribution is -2.40. The molecule has 3 unspecified atom stereocenters. The summed E-state index contributed by atoms with van der Waals surface area (Å²) in [6.45, 7) is 11.3. The third-order valence-corrected chi connectivity index (χ3v) is 4.81. The molecule has 0 amide bonds. The molecule has 1 nitrogen and oxygen atoms in total. The molecule has 1 aliphatic rings. The van der Waals surface area contributed by atoms with Gasteiger partial charge in [-0.15, -0.1) is 0 Å². The van der Waals surface area contributed by atoms with Crippen molar-refractivity contribution in [3.8, 4) is 0 Å². The summed E-state index contributed by atoms with van der Waals surface area (Å²) in [6, 6.07) is 0. The van der Waals surface area contributed by atoms with E-state index < -0.39 is 0 Å². The lowest BCUT2D eigenvalue weighted by atomic mass is 9.58. The number of rotatable bonds is 3. The first-order valence-corrected chi connectivity index (χ1v) is 6.41. The van der Waals surface area contributed by atoms with Crippen LogP contribution in [-0.2, 0) is 4.79 Å². The molecule has 0 heterocycles. The van der Waals surface area contributed by atoms with Crippen LogP contribution in [0.25, 0.3) is 0 Å². The smallest absolute Gasteiger partial charge is 0.132 e. The fourth-order valence-electron chi connectivity index (χ4n) is 3.04. The van der Waals surface area contributed by atoms with Crippen molar-refractivity contribution in [1.82, 2.24) is 0 Å². The summed E-state index contributed by atoms with van der Waals surface area (Å²) in [7, 11) is 0. The van der Waals surface area contributed by atoms with Crippen LogP contribution in [0.1, 0.15) is 60.3 Å². The standard InChI is InChI=1S/C14H26O/c1-6-12(15)9-13-10(2)7-8-11(3)14(13,4)5/h10-11,13H,6-9H2,1-5H3. The summed E-state index contributed by atoms with van der Waals surface area (Å²) in [6.07, 6.45) is 4.12. The predicted molar refractivity (Wildman–Crippen MR) is 64.7 cm³/mol.